The van der Waals surface area contributed by atoms with Gasteiger partial charge in [-0.3, -0.25) is 4.79 Å². The van der Waals surface area contributed by atoms with Crippen molar-refractivity contribution >= 4 is 5.97 Å². The SMILES string of the molecule is CCCc1n(CCCC(=O)O)cc[n+]1C. The van der Waals surface area contributed by atoms with Gasteiger partial charge in [0.15, 0.2) is 0 Å². The van der Waals surface area contributed by atoms with Crippen LogP contribution in [0, 0.1) is 0 Å². The molecular weight excluding hydrogens is 192 g/mol. The maximum atomic E-state index is 10.4. The molecule has 1 aromatic rings. The summed E-state index contributed by atoms with van der Waals surface area (Å²) < 4.78 is 4.25. The predicted octanol–water partition coefficient (Wildman–Crippen LogP) is 1.13. The lowest BCUT2D eigenvalue weighted by Gasteiger charge is -2.00. The van der Waals surface area contributed by atoms with Crippen LogP contribution in [-0.4, -0.2) is 15.6 Å². The number of hydrogen-bond acceptors (Lipinski definition) is 1. The largest absolute Gasteiger partial charge is 0.481 e. The fourth-order valence-corrected chi connectivity index (χ4v) is 1.70. The van der Waals surface area contributed by atoms with Gasteiger partial charge in [-0.25, -0.2) is 9.13 Å². The van der Waals surface area contributed by atoms with E-state index in [-0.39, 0.29) is 6.42 Å². The van der Waals surface area contributed by atoms with Crippen LogP contribution in [0.5, 0.6) is 0 Å². The zero-order valence-electron chi connectivity index (χ0n) is 9.44. The molecule has 0 saturated carbocycles. The third kappa shape index (κ3) is 3.38. The van der Waals surface area contributed by atoms with Crippen molar-refractivity contribution in [3.8, 4) is 0 Å². The second-order valence-electron chi connectivity index (χ2n) is 3.77. The second kappa shape index (κ2) is 5.53. The Kier molecular flexibility index (Phi) is 4.34. The molecule has 15 heavy (non-hydrogen) atoms. The molecule has 0 radical (unpaired) electrons. The molecule has 1 rings (SSSR count). The molecule has 0 aromatic carbocycles. The van der Waals surface area contributed by atoms with E-state index in [0.29, 0.717) is 6.42 Å². The minimum Gasteiger partial charge on any atom is -0.481 e. The van der Waals surface area contributed by atoms with Gasteiger partial charge in [-0.05, 0) is 12.8 Å². The highest BCUT2D eigenvalue weighted by atomic mass is 16.4. The Balaban J connectivity index is 2.56. The fourth-order valence-electron chi connectivity index (χ4n) is 1.70. The third-order valence-electron chi connectivity index (χ3n) is 2.47. The van der Waals surface area contributed by atoms with Crippen molar-refractivity contribution in [2.24, 2.45) is 7.05 Å². The van der Waals surface area contributed by atoms with E-state index < -0.39 is 5.97 Å². The number of aliphatic carboxylic acids is 1. The topological polar surface area (TPSA) is 46.1 Å². The van der Waals surface area contributed by atoms with Crippen molar-refractivity contribution in [3.63, 3.8) is 0 Å². The van der Waals surface area contributed by atoms with Crippen LogP contribution < -0.4 is 4.57 Å². The Morgan fingerprint density at radius 1 is 1.60 bits per heavy atom. The summed E-state index contributed by atoms with van der Waals surface area (Å²) in [6.45, 7) is 2.94. The van der Waals surface area contributed by atoms with Crippen LogP contribution in [0.2, 0.25) is 0 Å². The number of rotatable bonds is 6. The maximum Gasteiger partial charge on any atom is 0.303 e. The van der Waals surface area contributed by atoms with Crippen LogP contribution in [0.4, 0.5) is 0 Å². The standard InChI is InChI=1S/C11H18N2O2/c1-3-5-10-12(2)8-9-13(10)7-4-6-11(14)15/h8-9H,3-7H2,1-2H3/p+1. The summed E-state index contributed by atoms with van der Waals surface area (Å²) >= 11 is 0. The van der Waals surface area contributed by atoms with Crippen molar-refractivity contribution in [1.82, 2.24) is 4.57 Å². The highest BCUT2D eigenvalue weighted by molar-refractivity contribution is 5.66. The molecule has 4 heteroatoms. The Hall–Kier alpha value is -1.32. The summed E-state index contributed by atoms with van der Waals surface area (Å²) in [6, 6.07) is 0. The van der Waals surface area contributed by atoms with Crippen molar-refractivity contribution < 1.29 is 14.5 Å². The molecular formula is C11H19N2O2+. The average Bonchev–Trinajstić information content (AvgIpc) is 2.50. The summed E-state index contributed by atoms with van der Waals surface area (Å²) in [5, 5.41) is 8.55. The van der Waals surface area contributed by atoms with Crippen LogP contribution in [0.15, 0.2) is 12.4 Å². The van der Waals surface area contributed by atoms with Crippen molar-refractivity contribution in [1.29, 1.82) is 0 Å². The number of carboxylic acid groups (broad SMARTS) is 1. The van der Waals surface area contributed by atoms with E-state index >= 15 is 0 Å². The van der Waals surface area contributed by atoms with Crippen LogP contribution in [-0.2, 0) is 24.8 Å². The molecule has 0 saturated heterocycles. The number of aromatic nitrogens is 2. The minimum atomic E-state index is -0.719. The molecule has 84 valence electrons. The smallest absolute Gasteiger partial charge is 0.303 e. The first-order chi connectivity index (χ1) is 7.15. The van der Waals surface area contributed by atoms with Gasteiger partial charge >= 0.3 is 5.97 Å². The van der Waals surface area contributed by atoms with E-state index in [2.05, 4.69) is 16.1 Å². The molecule has 0 unspecified atom stereocenters. The number of aryl methyl sites for hydroxylation is 2. The Morgan fingerprint density at radius 2 is 2.33 bits per heavy atom. The normalized spacial score (nSPS) is 10.5. The molecule has 0 fully saturated rings. The van der Waals surface area contributed by atoms with Gasteiger partial charge in [0.05, 0.1) is 13.6 Å². The molecule has 4 nitrogen and oxygen atoms in total. The molecule has 1 N–H and O–H groups in total. The van der Waals surface area contributed by atoms with Gasteiger partial charge in [0.2, 0.25) is 0 Å². The van der Waals surface area contributed by atoms with E-state index in [1.807, 2.05) is 19.4 Å². The van der Waals surface area contributed by atoms with Gasteiger partial charge in [-0.15, -0.1) is 0 Å². The lowest BCUT2D eigenvalue weighted by atomic mass is 10.3. The minimum absolute atomic E-state index is 0.244. The molecule has 1 aromatic heterocycles. The lowest BCUT2D eigenvalue weighted by Crippen LogP contribution is -2.32. The van der Waals surface area contributed by atoms with E-state index in [9.17, 15) is 4.79 Å². The fraction of sp³-hybridized carbons (Fsp3) is 0.636. The molecule has 0 spiro atoms. The van der Waals surface area contributed by atoms with Gasteiger partial charge in [0.25, 0.3) is 5.82 Å². The van der Waals surface area contributed by atoms with Gasteiger partial charge < -0.3 is 5.11 Å². The van der Waals surface area contributed by atoms with Gasteiger partial charge in [-0.1, -0.05) is 6.92 Å². The van der Waals surface area contributed by atoms with Crippen LogP contribution in [0.3, 0.4) is 0 Å². The lowest BCUT2D eigenvalue weighted by molar-refractivity contribution is -0.678. The molecule has 0 amide bonds. The maximum absolute atomic E-state index is 10.4. The first-order valence-corrected chi connectivity index (χ1v) is 5.40. The Morgan fingerprint density at radius 3 is 2.93 bits per heavy atom. The van der Waals surface area contributed by atoms with Gasteiger partial charge in [0.1, 0.15) is 12.4 Å². The first kappa shape index (κ1) is 11.8. The molecule has 0 atom stereocenters. The molecule has 0 aliphatic heterocycles. The number of imidazole rings is 1. The van der Waals surface area contributed by atoms with Crippen LogP contribution in [0.1, 0.15) is 32.0 Å². The van der Waals surface area contributed by atoms with E-state index in [0.717, 1.165) is 19.4 Å². The van der Waals surface area contributed by atoms with Gasteiger partial charge in [-0.2, -0.15) is 0 Å². The second-order valence-corrected chi connectivity index (χ2v) is 3.77. The number of carbonyl (C=O) groups is 1. The molecule has 1 heterocycles. The van der Waals surface area contributed by atoms with Crippen LogP contribution >= 0.6 is 0 Å². The van der Waals surface area contributed by atoms with Crippen molar-refractivity contribution in [3.05, 3.63) is 18.2 Å². The van der Waals surface area contributed by atoms with Crippen LogP contribution in [0.25, 0.3) is 0 Å². The molecule has 0 aliphatic carbocycles. The molecule has 0 bridgehead atoms. The monoisotopic (exact) mass is 211 g/mol. The number of hydrogen-bond donors (Lipinski definition) is 1. The average molecular weight is 211 g/mol. The van der Waals surface area contributed by atoms with E-state index in [1.54, 1.807) is 0 Å². The highest BCUT2D eigenvalue weighted by Gasteiger charge is 2.12. The predicted molar refractivity (Wildman–Crippen MR) is 56.5 cm³/mol. The summed E-state index contributed by atoms with van der Waals surface area (Å²) in [5.41, 5.74) is 0. The Labute approximate surface area is 90.2 Å². The Bertz CT molecular complexity index is 331. The summed E-state index contributed by atoms with van der Waals surface area (Å²) in [4.78, 5) is 10.4. The van der Waals surface area contributed by atoms with E-state index in [1.165, 1.54) is 5.82 Å². The van der Waals surface area contributed by atoms with Crippen molar-refractivity contribution in [2.45, 2.75) is 39.2 Å². The van der Waals surface area contributed by atoms with Crippen molar-refractivity contribution in [2.75, 3.05) is 0 Å². The summed E-state index contributed by atoms with van der Waals surface area (Å²) in [7, 11) is 2.03. The van der Waals surface area contributed by atoms with E-state index in [4.69, 9.17) is 5.11 Å². The van der Waals surface area contributed by atoms with Gasteiger partial charge in [0, 0.05) is 12.8 Å². The quantitative estimate of drug-likeness (QED) is 0.717. The highest BCUT2D eigenvalue weighted by Crippen LogP contribution is 2.02. The first-order valence-electron chi connectivity index (χ1n) is 5.40. The summed E-state index contributed by atoms with van der Waals surface area (Å²) in [6.07, 6.45) is 7.13. The number of nitrogens with zero attached hydrogens (tertiary/aromatic N) is 2. The molecule has 0 aliphatic rings. The third-order valence-corrected chi connectivity index (χ3v) is 2.47. The zero-order valence-corrected chi connectivity index (χ0v) is 9.44. The zero-order chi connectivity index (χ0) is 11.3. The number of carboxylic acids is 1. The summed E-state index contributed by atoms with van der Waals surface area (Å²) in [5.74, 6) is 0.548.